The lowest BCUT2D eigenvalue weighted by Gasteiger charge is -2.05. The summed E-state index contributed by atoms with van der Waals surface area (Å²) in [5, 5.41) is 7.42. The molecule has 0 aliphatic rings. The molecule has 3 aromatic rings. The van der Waals surface area contributed by atoms with E-state index in [0.29, 0.717) is 17.0 Å². The van der Waals surface area contributed by atoms with Crippen LogP contribution in [0.3, 0.4) is 0 Å². The Morgan fingerprint density at radius 3 is 2.91 bits per heavy atom. The van der Waals surface area contributed by atoms with E-state index in [1.165, 1.54) is 0 Å². The number of rotatable bonds is 4. The number of amides is 1. The zero-order valence-electron chi connectivity index (χ0n) is 12.1. The van der Waals surface area contributed by atoms with Gasteiger partial charge in [-0.25, -0.2) is 0 Å². The summed E-state index contributed by atoms with van der Waals surface area (Å²) < 4.78 is 4.91. The molecule has 0 atom stereocenters. The highest BCUT2D eigenvalue weighted by molar-refractivity contribution is 5.80. The van der Waals surface area contributed by atoms with Crippen molar-refractivity contribution >= 4 is 16.8 Å². The Labute approximate surface area is 126 Å². The molecule has 1 aromatic carbocycles. The molecule has 0 saturated heterocycles. The fourth-order valence-corrected chi connectivity index (χ4v) is 2.25. The number of nitrogens with zero attached hydrogens (tertiary/aromatic N) is 1. The van der Waals surface area contributed by atoms with Crippen LogP contribution in [0.15, 0.2) is 45.7 Å². The second-order valence-corrected chi connectivity index (χ2v) is 5.09. The van der Waals surface area contributed by atoms with E-state index in [0.717, 1.165) is 10.9 Å². The molecule has 6 heteroatoms. The van der Waals surface area contributed by atoms with E-state index in [4.69, 9.17) is 4.52 Å². The monoisotopic (exact) mass is 297 g/mol. The molecule has 0 unspecified atom stereocenters. The third-order valence-corrected chi connectivity index (χ3v) is 3.32. The Morgan fingerprint density at radius 1 is 1.32 bits per heavy atom. The molecule has 2 heterocycles. The van der Waals surface area contributed by atoms with Crippen LogP contribution < -0.4 is 10.9 Å². The molecule has 0 radical (unpaired) electrons. The standard InChI is InChI=1S/C16H15N3O3/c1-10-6-13(19-22-10)8-15(20)17-9-12-7-11-4-2-3-5-14(11)18-16(12)21/h2-7H,8-9H2,1H3,(H,17,20)(H,18,21). The largest absolute Gasteiger partial charge is 0.361 e. The molecule has 3 rings (SSSR count). The molecule has 22 heavy (non-hydrogen) atoms. The van der Waals surface area contributed by atoms with Crippen LogP contribution in [0.1, 0.15) is 17.0 Å². The van der Waals surface area contributed by atoms with Crippen molar-refractivity contribution in [3.63, 3.8) is 0 Å². The number of fused-ring (bicyclic) bond motifs is 1. The summed E-state index contributed by atoms with van der Waals surface area (Å²) in [6.45, 7) is 1.94. The lowest BCUT2D eigenvalue weighted by molar-refractivity contribution is -0.120. The summed E-state index contributed by atoms with van der Waals surface area (Å²) in [6.07, 6.45) is 0.128. The molecular weight excluding hydrogens is 282 g/mol. The van der Waals surface area contributed by atoms with Gasteiger partial charge < -0.3 is 14.8 Å². The number of nitrogens with one attached hydrogen (secondary N) is 2. The van der Waals surface area contributed by atoms with Crippen LogP contribution in [0, 0.1) is 6.92 Å². The van der Waals surface area contributed by atoms with E-state index in [2.05, 4.69) is 15.5 Å². The average Bonchev–Trinajstić information content (AvgIpc) is 2.90. The van der Waals surface area contributed by atoms with Crippen molar-refractivity contribution in [1.29, 1.82) is 0 Å². The van der Waals surface area contributed by atoms with Gasteiger partial charge in [-0.15, -0.1) is 0 Å². The number of H-pyrrole nitrogens is 1. The maximum absolute atomic E-state index is 12.0. The number of hydrogen-bond acceptors (Lipinski definition) is 4. The number of benzene rings is 1. The van der Waals surface area contributed by atoms with Crippen LogP contribution >= 0.6 is 0 Å². The summed E-state index contributed by atoms with van der Waals surface area (Å²) in [6, 6.07) is 11.0. The van der Waals surface area contributed by atoms with Crippen LogP contribution in [0.5, 0.6) is 0 Å². The maximum Gasteiger partial charge on any atom is 0.253 e. The van der Waals surface area contributed by atoms with Crippen molar-refractivity contribution in [1.82, 2.24) is 15.5 Å². The Kier molecular flexibility index (Phi) is 3.74. The first-order valence-corrected chi connectivity index (χ1v) is 6.91. The molecule has 112 valence electrons. The highest BCUT2D eigenvalue weighted by Crippen LogP contribution is 2.10. The van der Waals surface area contributed by atoms with Crippen molar-refractivity contribution in [3.8, 4) is 0 Å². The first-order chi connectivity index (χ1) is 10.6. The SMILES string of the molecule is Cc1cc(CC(=O)NCc2cc3ccccc3[nH]c2=O)no1. The topological polar surface area (TPSA) is 88.0 Å². The second kappa shape index (κ2) is 5.85. The number of aromatic amines is 1. The van der Waals surface area contributed by atoms with Crippen LogP contribution in [-0.4, -0.2) is 16.0 Å². The molecule has 0 aliphatic heterocycles. The Hall–Kier alpha value is -2.89. The summed E-state index contributed by atoms with van der Waals surface area (Å²) in [5.41, 5.74) is 1.67. The zero-order valence-corrected chi connectivity index (χ0v) is 12.1. The minimum absolute atomic E-state index is 0.128. The average molecular weight is 297 g/mol. The van der Waals surface area contributed by atoms with E-state index in [1.807, 2.05) is 24.3 Å². The fraction of sp³-hybridized carbons (Fsp3) is 0.188. The van der Waals surface area contributed by atoms with Gasteiger partial charge in [0, 0.05) is 23.7 Å². The number of hydrogen-bond donors (Lipinski definition) is 2. The maximum atomic E-state index is 12.0. The van der Waals surface area contributed by atoms with Gasteiger partial charge in [0.25, 0.3) is 5.56 Å². The van der Waals surface area contributed by atoms with Crippen molar-refractivity contribution in [3.05, 3.63) is 63.8 Å². The fourth-order valence-electron chi connectivity index (χ4n) is 2.25. The van der Waals surface area contributed by atoms with Crippen molar-refractivity contribution in [2.75, 3.05) is 0 Å². The van der Waals surface area contributed by atoms with Crippen molar-refractivity contribution in [2.45, 2.75) is 19.9 Å². The highest BCUT2D eigenvalue weighted by Gasteiger charge is 2.09. The van der Waals surface area contributed by atoms with Crippen LogP contribution in [0.25, 0.3) is 10.9 Å². The van der Waals surface area contributed by atoms with E-state index in [9.17, 15) is 9.59 Å². The Balaban J connectivity index is 1.69. The quantitative estimate of drug-likeness (QED) is 0.767. The molecule has 0 fully saturated rings. The van der Waals surface area contributed by atoms with Gasteiger partial charge in [0.15, 0.2) is 0 Å². The molecule has 0 spiro atoms. The molecular formula is C16H15N3O3. The lowest BCUT2D eigenvalue weighted by atomic mass is 10.1. The lowest BCUT2D eigenvalue weighted by Crippen LogP contribution is -2.28. The summed E-state index contributed by atoms with van der Waals surface area (Å²) in [7, 11) is 0. The van der Waals surface area contributed by atoms with Gasteiger partial charge in [0.1, 0.15) is 5.76 Å². The van der Waals surface area contributed by atoms with E-state index >= 15 is 0 Å². The highest BCUT2D eigenvalue weighted by atomic mass is 16.5. The zero-order chi connectivity index (χ0) is 15.5. The second-order valence-electron chi connectivity index (χ2n) is 5.09. The van der Waals surface area contributed by atoms with Crippen LogP contribution in [0.2, 0.25) is 0 Å². The molecule has 1 amide bonds. The minimum Gasteiger partial charge on any atom is -0.361 e. The molecule has 2 N–H and O–H groups in total. The van der Waals surface area contributed by atoms with Gasteiger partial charge in [0.05, 0.1) is 12.1 Å². The minimum atomic E-state index is -0.208. The normalized spacial score (nSPS) is 10.8. The van der Waals surface area contributed by atoms with E-state index < -0.39 is 0 Å². The molecule has 6 nitrogen and oxygen atoms in total. The van der Waals surface area contributed by atoms with Crippen molar-refractivity contribution in [2.24, 2.45) is 0 Å². The molecule has 2 aromatic heterocycles. The number of carbonyl (C=O) groups is 1. The van der Waals surface area contributed by atoms with Crippen LogP contribution in [-0.2, 0) is 17.8 Å². The van der Waals surface area contributed by atoms with Gasteiger partial charge in [-0.05, 0) is 24.4 Å². The molecule has 0 aliphatic carbocycles. The number of para-hydroxylation sites is 1. The predicted octanol–water partition coefficient (Wildman–Crippen LogP) is 1.68. The van der Waals surface area contributed by atoms with E-state index in [-0.39, 0.29) is 24.4 Å². The predicted molar refractivity (Wildman–Crippen MR) is 81.4 cm³/mol. The van der Waals surface area contributed by atoms with E-state index in [1.54, 1.807) is 19.1 Å². The molecule has 0 saturated carbocycles. The van der Waals surface area contributed by atoms with Gasteiger partial charge >= 0.3 is 0 Å². The summed E-state index contributed by atoms with van der Waals surface area (Å²) in [5.74, 6) is 0.453. The number of carbonyl (C=O) groups excluding carboxylic acids is 1. The summed E-state index contributed by atoms with van der Waals surface area (Å²) >= 11 is 0. The first-order valence-electron chi connectivity index (χ1n) is 6.91. The first kappa shape index (κ1) is 14.1. The van der Waals surface area contributed by atoms with Gasteiger partial charge in [-0.1, -0.05) is 23.4 Å². The number of pyridine rings is 1. The smallest absolute Gasteiger partial charge is 0.253 e. The van der Waals surface area contributed by atoms with Gasteiger partial charge in [0.2, 0.25) is 5.91 Å². The number of aryl methyl sites for hydroxylation is 1. The van der Waals surface area contributed by atoms with Gasteiger partial charge in [-0.3, -0.25) is 9.59 Å². The Bertz CT molecular complexity index is 879. The Morgan fingerprint density at radius 2 is 2.14 bits per heavy atom. The van der Waals surface area contributed by atoms with Gasteiger partial charge in [-0.2, -0.15) is 0 Å². The molecule has 0 bridgehead atoms. The van der Waals surface area contributed by atoms with Crippen LogP contribution in [0.4, 0.5) is 0 Å². The van der Waals surface area contributed by atoms with Crippen molar-refractivity contribution < 1.29 is 9.32 Å². The third-order valence-electron chi connectivity index (χ3n) is 3.32. The summed E-state index contributed by atoms with van der Waals surface area (Å²) in [4.78, 5) is 26.6. The third kappa shape index (κ3) is 3.06. The number of aromatic nitrogens is 2.